The number of fused-ring (bicyclic) bond motifs is 1. The van der Waals surface area contributed by atoms with Crippen LogP contribution < -0.4 is 0 Å². The highest BCUT2D eigenvalue weighted by Crippen LogP contribution is 2.39. The van der Waals surface area contributed by atoms with E-state index in [2.05, 4.69) is 4.98 Å². The van der Waals surface area contributed by atoms with Gasteiger partial charge in [0.1, 0.15) is 5.82 Å². The van der Waals surface area contributed by atoms with Crippen LogP contribution >= 0.6 is 0 Å². The van der Waals surface area contributed by atoms with Crippen LogP contribution in [-0.2, 0) is 11.2 Å². The molecule has 0 bridgehead atoms. The number of aryl methyl sites for hydroxylation is 1. The fourth-order valence-corrected chi connectivity index (χ4v) is 3.42. The molecule has 2 aromatic rings. The van der Waals surface area contributed by atoms with Crippen molar-refractivity contribution in [2.45, 2.75) is 51.9 Å². The average Bonchev–Trinajstić information content (AvgIpc) is 2.90. The number of halogens is 1. The summed E-state index contributed by atoms with van der Waals surface area (Å²) in [6, 6.07) is 4.61. The van der Waals surface area contributed by atoms with Gasteiger partial charge in [-0.2, -0.15) is 0 Å². The van der Waals surface area contributed by atoms with Gasteiger partial charge in [0, 0.05) is 23.1 Å². The zero-order valence-corrected chi connectivity index (χ0v) is 14.4. The summed E-state index contributed by atoms with van der Waals surface area (Å²) in [5, 5.41) is 11.6. The second-order valence-corrected chi connectivity index (χ2v) is 6.79. The molecule has 1 aliphatic heterocycles. The summed E-state index contributed by atoms with van der Waals surface area (Å²) in [5.41, 5.74) is 0.410. The van der Waals surface area contributed by atoms with Crippen LogP contribution in [0.25, 0.3) is 10.9 Å². The van der Waals surface area contributed by atoms with Crippen molar-refractivity contribution in [3.63, 3.8) is 0 Å². The third kappa shape index (κ3) is 2.36. The molecule has 2 atom stereocenters. The number of cyclic esters (lactones) is 1. The Bertz CT molecular complexity index is 799. The van der Waals surface area contributed by atoms with Gasteiger partial charge in [0.2, 0.25) is 0 Å². The first kappa shape index (κ1) is 16.8. The van der Waals surface area contributed by atoms with Crippen molar-refractivity contribution in [2.75, 3.05) is 6.54 Å². The molecule has 130 valence electrons. The maximum atomic E-state index is 13.6. The van der Waals surface area contributed by atoms with Crippen molar-refractivity contribution in [3.05, 3.63) is 35.3 Å². The average molecular weight is 334 g/mol. The molecule has 1 fully saturated rings. The Hall–Kier alpha value is -2.08. The standard InChI is InChI=1S/C18H23FN2O3/c1-5-17(3)18(4,23)21(16(22)24-17)9-8-13-11(2)20-15-7-6-12(19)10-14(13)15/h6-7,10,20,23H,5,8-9H2,1-4H3/t17-,18-/m1/s1. The van der Waals surface area contributed by atoms with Crippen LogP contribution in [0.3, 0.4) is 0 Å². The third-order valence-electron chi connectivity index (χ3n) is 5.40. The van der Waals surface area contributed by atoms with Gasteiger partial charge in [-0.25, -0.2) is 9.18 Å². The van der Waals surface area contributed by atoms with Crippen molar-refractivity contribution in [1.82, 2.24) is 9.88 Å². The van der Waals surface area contributed by atoms with Crippen LogP contribution in [0.2, 0.25) is 0 Å². The molecule has 0 radical (unpaired) electrons. The highest BCUT2D eigenvalue weighted by molar-refractivity contribution is 5.84. The Morgan fingerprint density at radius 1 is 1.38 bits per heavy atom. The van der Waals surface area contributed by atoms with Gasteiger partial charge in [0.25, 0.3) is 0 Å². The first-order valence-corrected chi connectivity index (χ1v) is 8.19. The lowest BCUT2D eigenvalue weighted by Crippen LogP contribution is -2.55. The molecule has 0 unspecified atom stereocenters. The van der Waals surface area contributed by atoms with Gasteiger partial charge >= 0.3 is 6.09 Å². The van der Waals surface area contributed by atoms with E-state index in [0.717, 1.165) is 22.2 Å². The van der Waals surface area contributed by atoms with E-state index in [0.29, 0.717) is 19.4 Å². The number of aliphatic hydroxyl groups is 1. The van der Waals surface area contributed by atoms with Crippen molar-refractivity contribution >= 4 is 17.0 Å². The molecule has 2 N–H and O–H groups in total. The smallest absolute Gasteiger partial charge is 0.412 e. The van der Waals surface area contributed by atoms with Crippen LogP contribution in [0.4, 0.5) is 9.18 Å². The fourth-order valence-electron chi connectivity index (χ4n) is 3.42. The van der Waals surface area contributed by atoms with E-state index in [1.54, 1.807) is 19.9 Å². The predicted molar refractivity (Wildman–Crippen MR) is 89.2 cm³/mol. The molecule has 5 nitrogen and oxygen atoms in total. The van der Waals surface area contributed by atoms with Crippen LogP contribution in [0.5, 0.6) is 0 Å². The molecule has 1 aliphatic rings. The summed E-state index contributed by atoms with van der Waals surface area (Å²) in [4.78, 5) is 16.8. The number of rotatable bonds is 4. The number of hydrogen-bond donors (Lipinski definition) is 2. The molecule has 0 saturated carbocycles. The SMILES string of the molecule is CC[C@@]1(C)OC(=O)N(CCc2c(C)[nH]c3ccc(F)cc23)[C@]1(C)O. The molecule has 3 rings (SSSR count). The zero-order chi connectivity index (χ0) is 17.7. The van der Waals surface area contributed by atoms with Gasteiger partial charge in [-0.05, 0) is 57.4 Å². The molecule has 1 saturated heterocycles. The van der Waals surface area contributed by atoms with E-state index in [1.165, 1.54) is 17.0 Å². The molecule has 0 aliphatic carbocycles. The number of aromatic nitrogens is 1. The number of hydrogen-bond acceptors (Lipinski definition) is 3. The highest BCUT2D eigenvalue weighted by atomic mass is 19.1. The van der Waals surface area contributed by atoms with E-state index in [4.69, 9.17) is 4.74 Å². The number of carbonyl (C=O) groups is 1. The summed E-state index contributed by atoms with van der Waals surface area (Å²) in [6.07, 6.45) is 0.493. The maximum absolute atomic E-state index is 13.6. The highest BCUT2D eigenvalue weighted by Gasteiger charge is 2.58. The fraction of sp³-hybridized carbons (Fsp3) is 0.500. The molecule has 1 aromatic heterocycles. The number of ether oxygens (including phenoxy) is 1. The lowest BCUT2D eigenvalue weighted by molar-refractivity contribution is -0.137. The topological polar surface area (TPSA) is 65.6 Å². The molecule has 24 heavy (non-hydrogen) atoms. The molecule has 0 spiro atoms. The predicted octanol–water partition coefficient (Wildman–Crippen LogP) is 3.49. The molecular formula is C18H23FN2O3. The van der Waals surface area contributed by atoms with Gasteiger partial charge in [-0.15, -0.1) is 0 Å². The summed E-state index contributed by atoms with van der Waals surface area (Å²) in [6.45, 7) is 7.42. The van der Waals surface area contributed by atoms with Crippen molar-refractivity contribution in [1.29, 1.82) is 0 Å². The monoisotopic (exact) mass is 334 g/mol. The third-order valence-corrected chi connectivity index (χ3v) is 5.40. The first-order chi connectivity index (χ1) is 11.2. The van der Waals surface area contributed by atoms with Crippen molar-refractivity contribution in [3.8, 4) is 0 Å². The number of nitrogens with zero attached hydrogens (tertiary/aromatic N) is 1. The van der Waals surface area contributed by atoms with E-state index in [1.807, 2.05) is 13.8 Å². The van der Waals surface area contributed by atoms with E-state index in [-0.39, 0.29) is 5.82 Å². The second kappa shape index (κ2) is 5.48. The Balaban J connectivity index is 1.88. The normalized spacial score (nSPS) is 27.1. The van der Waals surface area contributed by atoms with Gasteiger partial charge < -0.3 is 14.8 Å². The maximum Gasteiger partial charge on any atom is 0.412 e. The number of nitrogens with one attached hydrogen (secondary N) is 1. The first-order valence-electron chi connectivity index (χ1n) is 8.19. The number of carbonyl (C=O) groups excluding carboxylic acids is 1. The Labute approximate surface area is 140 Å². The summed E-state index contributed by atoms with van der Waals surface area (Å²) < 4.78 is 19.0. The molecular weight excluding hydrogens is 311 g/mol. The van der Waals surface area contributed by atoms with E-state index >= 15 is 0 Å². The van der Waals surface area contributed by atoms with Crippen LogP contribution in [0.15, 0.2) is 18.2 Å². The number of aromatic amines is 1. The van der Waals surface area contributed by atoms with Gasteiger partial charge in [-0.1, -0.05) is 6.92 Å². The summed E-state index contributed by atoms with van der Waals surface area (Å²) in [7, 11) is 0. The van der Waals surface area contributed by atoms with Gasteiger partial charge in [-0.3, -0.25) is 4.90 Å². The number of H-pyrrole nitrogens is 1. The van der Waals surface area contributed by atoms with E-state index < -0.39 is 17.4 Å². The van der Waals surface area contributed by atoms with Crippen LogP contribution in [0, 0.1) is 12.7 Å². The van der Waals surface area contributed by atoms with Crippen molar-refractivity contribution in [2.24, 2.45) is 0 Å². The Morgan fingerprint density at radius 2 is 2.08 bits per heavy atom. The molecule has 2 heterocycles. The van der Waals surface area contributed by atoms with Crippen LogP contribution in [-0.4, -0.2) is 39.0 Å². The molecule has 1 aromatic carbocycles. The lowest BCUT2D eigenvalue weighted by Gasteiger charge is -2.36. The molecule has 1 amide bonds. The Kier molecular flexibility index (Phi) is 3.83. The minimum atomic E-state index is -1.38. The number of amides is 1. The van der Waals surface area contributed by atoms with E-state index in [9.17, 15) is 14.3 Å². The minimum absolute atomic E-state index is 0.297. The number of benzene rings is 1. The summed E-state index contributed by atoms with van der Waals surface area (Å²) >= 11 is 0. The second-order valence-electron chi connectivity index (χ2n) is 6.79. The summed E-state index contributed by atoms with van der Waals surface area (Å²) in [5.74, 6) is -0.297. The van der Waals surface area contributed by atoms with Gasteiger partial charge in [0.05, 0.1) is 0 Å². The van der Waals surface area contributed by atoms with Crippen LogP contribution in [0.1, 0.15) is 38.4 Å². The molecule has 6 heteroatoms. The minimum Gasteiger partial charge on any atom is -0.438 e. The van der Waals surface area contributed by atoms with Gasteiger partial charge in [0.15, 0.2) is 11.3 Å². The zero-order valence-electron chi connectivity index (χ0n) is 14.4. The van der Waals surface area contributed by atoms with Crippen molar-refractivity contribution < 1.29 is 19.0 Å². The quantitative estimate of drug-likeness (QED) is 0.899. The lowest BCUT2D eigenvalue weighted by atomic mass is 9.90. The largest absolute Gasteiger partial charge is 0.438 e. The Morgan fingerprint density at radius 3 is 2.71 bits per heavy atom.